The second-order valence-electron chi connectivity index (χ2n) is 5.66. The molecule has 2 unspecified atom stereocenters. The maximum atomic E-state index is 9.85. The number of halogens is 1. The lowest BCUT2D eigenvalue weighted by Crippen LogP contribution is -2.40. The third-order valence-corrected chi connectivity index (χ3v) is 3.82. The molecule has 1 aromatic carbocycles. The van der Waals surface area contributed by atoms with Crippen molar-refractivity contribution in [2.75, 3.05) is 20.6 Å². The minimum absolute atomic E-state index is 0. The van der Waals surface area contributed by atoms with E-state index in [0.717, 1.165) is 31.8 Å². The van der Waals surface area contributed by atoms with Crippen LogP contribution in [-0.2, 0) is 6.54 Å². The summed E-state index contributed by atoms with van der Waals surface area (Å²) in [6.07, 6.45) is 3.02. The van der Waals surface area contributed by atoms with E-state index in [2.05, 4.69) is 22.4 Å². The van der Waals surface area contributed by atoms with Gasteiger partial charge in [0.15, 0.2) is 5.96 Å². The molecule has 0 spiro atoms. The molecule has 5 heteroatoms. The van der Waals surface area contributed by atoms with Gasteiger partial charge < -0.3 is 15.3 Å². The number of nitrogens with zero attached hydrogens (tertiary/aromatic N) is 2. The predicted octanol–water partition coefficient (Wildman–Crippen LogP) is 2.47. The Morgan fingerprint density at radius 1 is 1.29 bits per heavy atom. The number of hydrogen-bond acceptors (Lipinski definition) is 2. The lowest BCUT2D eigenvalue weighted by Gasteiger charge is -2.21. The molecule has 1 aromatic rings. The molecule has 1 fully saturated rings. The number of hydrogen-bond donors (Lipinski definition) is 2. The summed E-state index contributed by atoms with van der Waals surface area (Å²) < 4.78 is 0. The number of nitrogens with one attached hydrogen (secondary N) is 1. The molecule has 0 bridgehead atoms. The summed E-state index contributed by atoms with van der Waals surface area (Å²) in [5, 5.41) is 13.2. The quantitative estimate of drug-likeness (QED) is 0.462. The maximum Gasteiger partial charge on any atom is 0.193 e. The van der Waals surface area contributed by atoms with Gasteiger partial charge in [-0.1, -0.05) is 36.8 Å². The van der Waals surface area contributed by atoms with Gasteiger partial charge in [-0.2, -0.15) is 0 Å². The predicted molar refractivity (Wildman–Crippen MR) is 98.0 cm³/mol. The first-order valence-electron chi connectivity index (χ1n) is 7.34. The second kappa shape index (κ2) is 9.25. The zero-order valence-electron chi connectivity index (χ0n) is 12.8. The number of rotatable bonds is 4. The fourth-order valence-electron chi connectivity index (χ4n) is 2.58. The molecular weight excluding hydrogens is 377 g/mol. The van der Waals surface area contributed by atoms with E-state index in [1.54, 1.807) is 0 Å². The number of aliphatic hydroxyl groups excluding tert-OH is 1. The van der Waals surface area contributed by atoms with Crippen LogP contribution >= 0.6 is 24.0 Å². The molecular formula is C16H26IN3O. The van der Waals surface area contributed by atoms with Crippen molar-refractivity contribution in [2.45, 2.75) is 31.9 Å². The van der Waals surface area contributed by atoms with Crippen molar-refractivity contribution in [3.05, 3.63) is 35.9 Å². The van der Waals surface area contributed by atoms with Crippen LogP contribution in [0.5, 0.6) is 0 Å². The smallest absolute Gasteiger partial charge is 0.193 e. The van der Waals surface area contributed by atoms with Gasteiger partial charge in [-0.25, -0.2) is 4.99 Å². The van der Waals surface area contributed by atoms with Crippen LogP contribution in [0.1, 0.15) is 24.8 Å². The SMILES string of the molecule is CN(C)C(=NCc1ccccc1)NCC1CCCC1O.I. The molecule has 2 rings (SSSR count). The molecule has 118 valence electrons. The lowest BCUT2D eigenvalue weighted by molar-refractivity contribution is 0.134. The first kappa shape index (κ1) is 18.2. The van der Waals surface area contributed by atoms with Gasteiger partial charge in [0.2, 0.25) is 0 Å². The summed E-state index contributed by atoms with van der Waals surface area (Å²) in [5.74, 6) is 1.24. The molecule has 0 heterocycles. The lowest BCUT2D eigenvalue weighted by atomic mass is 10.1. The van der Waals surface area contributed by atoms with E-state index in [9.17, 15) is 5.11 Å². The van der Waals surface area contributed by atoms with Gasteiger partial charge in [-0.3, -0.25) is 0 Å². The van der Waals surface area contributed by atoms with Crippen LogP contribution in [0, 0.1) is 5.92 Å². The first-order valence-corrected chi connectivity index (χ1v) is 7.34. The van der Waals surface area contributed by atoms with Crippen molar-refractivity contribution in [1.82, 2.24) is 10.2 Å². The van der Waals surface area contributed by atoms with Crippen LogP contribution in [-0.4, -0.2) is 42.7 Å². The molecule has 1 aliphatic rings. The molecule has 0 aliphatic heterocycles. The van der Waals surface area contributed by atoms with E-state index in [-0.39, 0.29) is 30.1 Å². The summed E-state index contributed by atoms with van der Waals surface area (Å²) in [5.41, 5.74) is 1.20. The Kier molecular flexibility index (Phi) is 8.03. The Bertz CT molecular complexity index is 436. The minimum Gasteiger partial charge on any atom is -0.393 e. The Morgan fingerprint density at radius 2 is 2.00 bits per heavy atom. The van der Waals surface area contributed by atoms with Crippen molar-refractivity contribution in [3.63, 3.8) is 0 Å². The van der Waals surface area contributed by atoms with Crippen molar-refractivity contribution < 1.29 is 5.11 Å². The van der Waals surface area contributed by atoms with E-state index in [1.165, 1.54) is 5.56 Å². The summed E-state index contributed by atoms with van der Waals surface area (Å²) in [6, 6.07) is 10.2. The van der Waals surface area contributed by atoms with Crippen molar-refractivity contribution >= 4 is 29.9 Å². The summed E-state index contributed by atoms with van der Waals surface area (Å²) in [4.78, 5) is 6.62. The van der Waals surface area contributed by atoms with Crippen LogP contribution < -0.4 is 5.32 Å². The van der Waals surface area contributed by atoms with Gasteiger partial charge in [0, 0.05) is 26.6 Å². The van der Waals surface area contributed by atoms with E-state index in [0.29, 0.717) is 12.5 Å². The molecule has 0 aromatic heterocycles. The molecule has 0 radical (unpaired) electrons. The molecule has 0 saturated heterocycles. The van der Waals surface area contributed by atoms with Gasteiger partial charge in [-0.15, -0.1) is 24.0 Å². The summed E-state index contributed by atoms with van der Waals surface area (Å²) in [6.45, 7) is 1.47. The average Bonchev–Trinajstić information content (AvgIpc) is 2.85. The third-order valence-electron chi connectivity index (χ3n) is 3.82. The Morgan fingerprint density at radius 3 is 2.57 bits per heavy atom. The molecule has 21 heavy (non-hydrogen) atoms. The Labute approximate surface area is 144 Å². The van der Waals surface area contributed by atoms with Crippen molar-refractivity contribution in [1.29, 1.82) is 0 Å². The molecule has 1 saturated carbocycles. The monoisotopic (exact) mass is 403 g/mol. The second-order valence-corrected chi connectivity index (χ2v) is 5.66. The highest BCUT2D eigenvalue weighted by atomic mass is 127. The molecule has 2 N–H and O–H groups in total. The van der Waals surface area contributed by atoms with Crippen LogP contribution in [0.4, 0.5) is 0 Å². The largest absolute Gasteiger partial charge is 0.393 e. The van der Waals surface area contributed by atoms with Crippen LogP contribution in [0.3, 0.4) is 0 Å². The minimum atomic E-state index is -0.153. The zero-order chi connectivity index (χ0) is 14.4. The number of benzene rings is 1. The van der Waals surface area contributed by atoms with Crippen LogP contribution in [0.25, 0.3) is 0 Å². The van der Waals surface area contributed by atoms with Gasteiger partial charge in [0.05, 0.1) is 12.6 Å². The average molecular weight is 403 g/mol. The van der Waals surface area contributed by atoms with Gasteiger partial charge >= 0.3 is 0 Å². The fraction of sp³-hybridized carbons (Fsp3) is 0.562. The van der Waals surface area contributed by atoms with Crippen molar-refractivity contribution in [3.8, 4) is 0 Å². The third kappa shape index (κ3) is 5.82. The Balaban J connectivity index is 0.00000220. The van der Waals surface area contributed by atoms with Crippen molar-refractivity contribution in [2.24, 2.45) is 10.9 Å². The topological polar surface area (TPSA) is 47.9 Å². The normalized spacial score (nSPS) is 21.8. The van der Waals surface area contributed by atoms with Crippen LogP contribution in [0.2, 0.25) is 0 Å². The molecule has 0 amide bonds. The summed E-state index contributed by atoms with van der Waals surface area (Å²) in [7, 11) is 3.98. The maximum absolute atomic E-state index is 9.85. The number of guanidine groups is 1. The zero-order valence-corrected chi connectivity index (χ0v) is 15.2. The first-order chi connectivity index (χ1) is 9.66. The number of aliphatic hydroxyl groups is 1. The standard InChI is InChI=1S/C16H25N3O.HI/c1-19(2)16(17-11-13-7-4-3-5-8-13)18-12-14-9-6-10-15(14)20;/h3-5,7-8,14-15,20H,6,9-12H2,1-2H3,(H,17,18);1H. The molecule has 1 aliphatic carbocycles. The molecule has 4 nitrogen and oxygen atoms in total. The highest BCUT2D eigenvalue weighted by Gasteiger charge is 2.25. The molecule has 2 atom stereocenters. The van der Waals surface area contributed by atoms with Gasteiger partial charge in [0.25, 0.3) is 0 Å². The van der Waals surface area contributed by atoms with Gasteiger partial charge in [-0.05, 0) is 18.4 Å². The van der Waals surface area contributed by atoms with E-state index in [4.69, 9.17) is 0 Å². The van der Waals surface area contributed by atoms with E-state index < -0.39 is 0 Å². The van der Waals surface area contributed by atoms with Gasteiger partial charge in [0.1, 0.15) is 0 Å². The highest BCUT2D eigenvalue weighted by molar-refractivity contribution is 14.0. The summed E-state index contributed by atoms with van der Waals surface area (Å²) >= 11 is 0. The van der Waals surface area contributed by atoms with E-state index in [1.807, 2.05) is 37.2 Å². The highest BCUT2D eigenvalue weighted by Crippen LogP contribution is 2.24. The fourth-order valence-corrected chi connectivity index (χ4v) is 2.58. The van der Waals surface area contributed by atoms with Crippen LogP contribution in [0.15, 0.2) is 35.3 Å². The number of aliphatic imine (C=N–C) groups is 1. The Hall–Kier alpha value is -0.820. The van der Waals surface area contributed by atoms with E-state index >= 15 is 0 Å².